The average molecular weight is 371 g/mol. The molecule has 0 amide bonds. The summed E-state index contributed by atoms with van der Waals surface area (Å²) in [5.74, 6) is 1.52. The van der Waals surface area contributed by atoms with E-state index in [1.807, 2.05) is 19.0 Å². The summed E-state index contributed by atoms with van der Waals surface area (Å²) in [7, 11) is 5.75. The molecule has 1 rings (SSSR count). The van der Waals surface area contributed by atoms with E-state index in [1.54, 1.807) is 7.05 Å². The first-order chi connectivity index (χ1) is 8.24. The van der Waals surface area contributed by atoms with Crippen molar-refractivity contribution in [3.05, 3.63) is 0 Å². The van der Waals surface area contributed by atoms with Gasteiger partial charge in [0.2, 0.25) is 0 Å². The van der Waals surface area contributed by atoms with E-state index < -0.39 is 0 Å². The van der Waals surface area contributed by atoms with Crippen LogP contribution in [0.4, 0.5) is 0 Å². The van der Waals surface area contributed by atoms with E-state index >= 15 is 0 Å². The number of nitrogens with zero attached hydrogens (tertiary/aromatic N) is 2. The number of guanidine groups is 1. The van der Waals surface area contributed by atoms with Crippen LogP contribution in [-0.2, 0) is 9.47 Å². The molecule has 1 unspecified atom stereocenters. The number of rotatable bonds is 6. The molecule has 0 saturated carbocycles. The van der Waals surface area contributed by atoms with Gasteiger partial charge in [-0.2, -0.15) is 0 Å². The number of halogens is 1. The normalized spacial score (nSPS) is 19.5. The SMILES string of the molecule is CN=C(NCCCOCC1CCOC1)N(C)C.I. The monoisotopic (exact) mass is 371 g/mol. The Kier molecular flexibility index (Phi) is 10.8. The first-order valence-corrected chi connectivity index (χ1v) is 6.27. The van der Waals surface area contributed by atoms with Gasteiger partial charge in [-0.25, -0.2) is 0 Å². The molecule has 18 heavy (non-hydrogen) atoms. The molecule has 1 fully saturated rings. The highest BCUT2D eigenvalue weighted by molar-refractivity contribution is 14.0. The van der Waals surface area contributed by atoms with Crippen molar-refractivity contribution >= 4 is 29.9 Å². The number of hydrogen-bond acceptors (Lipinski definition) is 3. The van der Waals surface area contributed by atoms with Gasteiger partial charge in [0, 0.05) is 46.8 Å². The summed E-state index contributed by atoms with van der Waals surface area (Å²) in [4.78, 5) is 6.11. The quantitative estimate of drug-likeness (QED) is 0.330. The van der Waals surface area contributed by atoms with E-state index in [0.717, 1.165) is 51.8 Å². The van der Waals surface area contributed by atoms with Crippen LogP contribution in [0.3, 0.4) is 0 Å². The molecule has 1 N–H and O–H groups in total. The van der Waals surface area contributed by atoms with Gasteiger partial charge in [0.25, 0.3) is 0 Å². The van der Waals surface area contributed by atoms with Gasteiger partial charge in [-0.1, -0.05) is 0 Å². The molecule has 0 bridgehead atoms. The van der Waals surface area contributed by atoms with Crippen molar-refractivity contribution in [2.75, 3.05) is 54.1 Å². The lowest BCUT2D eigenvalue weighted by molar-refractivity contribution is 0.0887. The fourth-order valence-corrected chi connectivity index (χ4v) is 1.78. The van der Waals surface area contributed by atoms with Gasteiger partial charge in [0.05, 0.1) is 13.2 Å². The second-order valence-corrected chi connectivity index (χ2v) is 4.53. The highest BCUT2D eigenvalue weighted by Crippen LogP contribution is 2.12. The molecular formula is C12H26IN3O2. The van der Waals surface area contributed by atoms with E-state index in [4.69, 9.17) is 9.47 Å². The molecule has 0 aromatic rings. The third-order valence-electron chi connectivity index (χ3n) is 2.76. The topological polar surface area (TPSA) is 46.1 Å². The summed E-state index contributed by atoms with van der Waals surface area (Å²) in [5, 5.41) is 3.27. The number of nitrogens with one attached hydrogen (secondary N) is 1. The second kappa shape index (κ2) is 10.8. The fraction of sp³-hybridized carbons (Fsp3) is 0.917. The molecule has 1 aliphatic heterocycles. The van der Waals surface area contributed by atoms with E-state index in [1.165, 1.54) is 0 Å². The van der Waals surface area contributed by atoms with Crippen LogP contribution in [0, 0.1) is 5.92 Å². The molecule has 1 saturated heterocycles. The Labute approximate surface area is 127 Å². The minimum Gasteiger partial charge on any atom is -0.381 e. The fourth-order valence-electron chi connectivity index (χ4n) is 1.78. The van der Waals surface area contributed by atoms with E-state index in [-0.39, 0.29) is 24.0 Å². The van der Waals surface area contributed by atoms with Gasteiger partial charge >= 0.3 is 0 Å². The van der Waals surface area contributed by atoms with Crippen molar-refractivity contribution in [2.45, 2.75) is 12.8 Å². The summed E-state index contributed by atoms with van der Waals surface area (Å²) in [6, 6.07) is 0. The van der Waals surface area contributed by atoms with Crippen LogP contribution >= 0.6 is 24.0 Å². The number of hydrogen-bond donors (Lipinski definition) is 1. The summed E-state index contributed by atoms with van der Waals surface area (Å²) in [6.45, 7) is 4.29. The van der Waals surface area contributed by atoms with Crippen molar-refractivity contribution < 1.29 is 9.47 Å². The maximum absolute atomic E-state index is 5.62. The van der Waals surface area contributed by atoms with Gasteiger partial charge in [0.15, 0.2) is 5.96 Å². The molecule has 1 atom stereocenters. The average Bonchev–Trinajstić information content (AvgIpc) is 2.80. The lowest BCUT2D eigenvalue weighted by Crippen LogP contribution is -2.37. The summed E-state index contributed by atoms with van der Waals surface area (Å²) >= 11 is 0. The van der Waals surface area contributed by atoms with Crippen molar-refractivity contribution in [1.29, 1.82) is 0 Å². The van der Waals surface area contributed by atoms with Crippen LogP contribution in [0.2, 0.25) is 0 Å². The first-order valence-electron chi connectivity index (χ1n) is 6.27. The molecule has 5 nitrogen and oxygen atoms in total. The minimum absolute atomic E-state index is 0. The third kappa shape index (κ3) is 7.38. The summed E-state index contributed by atoms with van der Waals surface area (Å²) in [5.41, 5.74) is 0. The minimum atomic E-state index is 0. The largest absolute Gasteiger partial charge is 0.381 e. The number of aliphatic imine (C=N–C) groups is 1. The van der Waals surface area contributed by atoms with Crippen LogP contribution in [0.15, 0.2) is 4.99 Å². The van der Waals surface area contributed by atoms with Crippen LogP contribution in [0.5, 0.6) is 0 Å². The maximum Gasteiger partial charge on any atom is 0.193 e. The molecule has 0 aromatic carbocycles. The van der Waals surface area contributed by atoms with E-state index in [0.29, 0.717) is 5.92 Å². The Hall–Kier alpha value is -0.0800. The Morgan fingerprint density at radius 2 is 2.28 bits per heavy atom. The molecule has 6 heteroatoms. The predicted molar refractivity (Wildman–Crippen MR) is 84.8 cm³/mol. The van der Waals surface area contributed by atoms with Gasteiger partial charge in [-0.05, 0) is 12.8 Å². The van der Waals surface area contributed by atoms with Gasteiger partial charge < -0.3 is 19.7 Å². The molecular weight excluding hydrogens is 345 g/mol. The highest BCUT2D eigenvalue weighted by Gasteiger charge is 2.15. The van der Waals surface area contributed by atoms with Crippen LogP contribution < -0.4 is 5.32 Å². The third-order valence-corrected chi connectivity index (χ3v) is 2.76. The molecule has 0 radical (unpaired) electrons. The smallest absolute Gasteiger partial charge is 0.193 e. The second-order valence-electron chi connectivity index (χ2n) is 4.53. The zero-order valence-corrected chi connectivity index (χ0v) is 14.0. The Bertz CT molecular complexity index is 231. The molecule has 108 valence electrons. The van der Waals surface area contributed by atoms with E-state index in [2.05, 4.69) is 10.3 Å². The molecule has 0 aliphatic carbocycles. The van der Waals surface area contributed by atoms with Gasteiger partial charge in [-0.3, -0.25) is 4.99 Å². The molecule has 1 heterocycles. The Morgan fingerprint density at radius 3 is 2.83 bits per heavy atom. The summed E-state index contributed by atoms with van der Waals surface area (Å²) < 4.78 is 10.9. The Morgan fingerprint density at radius 1 is 1.50 bits per heavy atom. The van der Waals surface area contributed by atoms with Crippen LogP contribution in [-0.4, -0.2) is 65.0 Å². The Balaban J connectivity index is 0.00000289. The lowest BCUT2D eigenvalue weighted by atomic mass is 10.1. The van der Waals surface area contributed by atoms with Crippen molar-refractivity contribution in [3.8, 4) is 0 Å². The highest BCUT2D eigenvalue weighted by atomic mass is 127. The van der Waals surface area contributed by atoms with Crippen molar-refractivity contribution in [3.63, 3.8) is 0 Å². The standard InChI is InChI=1S/C12H25N3O2.HI/c1-13-12(15(2)3)14-6-4-7-16-9-11-5-8-17-10-11;/h11H,4-10H2,1-3H3,(H,13,14);1H. The molecule has 1 aliphatic rings. The zero-order valence-electron chi connectivity index (χ0n) is 11.6. The molecule has 0 spiro atoms. The summed E-state index contributed by atoms with van der Waals surface area (Å²) in [6.07, 6.45) is 2.14. The zero-order chi connectivity index (χ0) is 12.5. The van der Waals surface area contributed by atoms with E-state index in [9.17, 15) is 0 Å². The van der Waals surface area contributed by atoms with Crippen LogP contribution in [0.25, 0.3) is 0 Å². The predicted octanol–water partition coefficient (Wildman–Crippen LogP) is 1.18. The molecule has 0 aromatic heterocycles. The van der Waals surface area contributed by atoms with Crippen molar-refractivity contribution in [2.24, 2.45) is 10.9 Å². The van der Waals surface area contributed by atoms with Crippen molar-refractivity contribution in [1.82, 2.24) is 10.2 Å². The number of ether oxygens (including phenoxy) is 2. The maximum atomic E-state index is 5.62. The van der Waals surface area contributed by atoms with Gasteiger partial charge in [-0.15, -0.1) is 24.0 Å². The van der Waals surface area contributed by atoms with Gasteiger partial charge in [0.1, 0.15) is 0 Å². The van der Waals surface area contributed by atoms with Crippen LogP contribution in [0.1, 0.15) is 12.8 Å². The first kappa shape index (κ1) is 17.9. The lowest BCUT2D eigenvalue weighted by Gasteiger charge is -2.16.